The lowest BCUT2D eigenvalue weighted by Gasteiger charge is -2.07. The van der Waals surface area contributed by atoms with Crippen molar-refractivity contribution in [1.29, 1.82) is 0 Å². The van der Waals surface area contributed by atoms with E-state index in [4.69, 9.17) is 17.3 Å². The smallest absolute Gasteiger partial charge is 0.267 e. The average molecular weight is 347 g/mol. The van der Waals surface area contributed by atoms with E-state index in [1.54, 1.807) is 25.1 Å². The molecule has 0 aliphatic heterocycles. The summed E-state index contributed by atoms with van der Waals surface area (Å²) in [4.78, 5) is 16.6. The van der Waals surface area contributed by atoms with E-state index in [1.807, 2.05) is 0 Å². The van der Waals surface area contributed by atoms with Crippen LogP contribution in [0.2, 0.25) is 5.02 Å². The van der Waals surface area contributed by atoms with Crippen molar-refractivity contribution in [2.75, 3.05) is 11.1 Å². The molecule has 0 fully saturated rings. The minimum absolute atomic E-state index is 0.246. The molecule has 1 heterocycles. The molecule has 0 unspecified atom stereocenters. The fourth-order valence-corrected chi connectivity index (χ4v) is 2.67. The fraction of sp³-hybridized carbons (Fsp3) is 0.0909. The SMILES string of the molecule is Cc1nc(N)sc1C(=O)Nc1cccc(Cl)c1Br. The van der Waals surface area contributed by atoms with Gasteiger partial charge in [0, 0.05) is 0 Å². The van der Waals surface area contributed by atoms with Crippen molar-refractivity contribution < 1.29 is 4.79 Å². The van der Waals surface area contributed by atoms with Crippen LogP contribution in [0, 0.1) is 6.92 Å². The molecule has 18 heavy (non-hydrogen) atoms. The van der Waals surface area contributed by atoms with Crippen LogP contribution in [-0.2, 0) is 0 Å². The van der Waals surface area contributed by atoms with Crippen molar-refractivity contribution in [1.82, 2.24) is 4.98 Å². The van der Waals surface area contributed by atoms with Gasteiger partial charge in [-0.05, 0) is 35.0 Å². The van der Waals surface area contributed by atoms with Gasteiger partial charge in [0.1, 0.15) is 4.88 Å². The second kappa shape index (κ2) is 5.26. The van der Waals surface area contributed by atoms with Crippen molar-refractivity contribution in [3.8, 4) is 0 Å². The molecular formula is C11H9BrClN3OS. The molecule has 7 heteroatoms. The monoisotopic (exact) mass is 345 g/mol. The summed E-state index contributed by atoms with van der Waals surface area (Å²) in [6.07, 6.45) is 0. The predicted octanol–water partition coefficient (Wildman–Crippen LogP) is 3.70. The van der Waals surface area contributed by atoms with E-state index in [2.05, 4.69) is 26.2 Å². The molecular weight excluding hydrogens is 338 g/mol. The first-order valence-corrected chi connectivity index (χ1v) is 6.96. The molecule has 2 rings (SSSR count). The van der Waals surface area contributed by atoms with Gasteiger partial charge in [-0.2, -0.15) is 0 Å². The Labute approximate surface area is 121 Å². The third-order valence-electron chi connectivity index (χ3n) is 2.22. The maximum atomic E-state index is 12.1. The van der Waals surface area contributed by atoms with Gasteiger partial charge in [-0.3, -0.25) is 4.79 Å². The zero-order chi connectivity index (χ0) is 13.3. The van der Waals surface area contributed by atoms with Crippen molar-refractivity contribution in [3.63, 3.8) is 0 Å². The maximum absolute atomic E-state index is 12.1. The number of nitrogen functional groups attached to an aromatic ring is 1. The second-order valence-electron chi connectivity index (χ2n) is 3.52. The Bertz CT molecular complexity index is 614. The Morgan fingerprint density at radius 2 is 2.28 bits per heavy atom. The number of amides is 1. The van der Waals surface area contributed by atoms with Crippen LogP contribution in [0.25, 0.3) is 0 Å². The molecule has 0 aliphatic rings. The highest BCUT2D eigenvalue weighted by Gasteiger charge is 2.15. The number of halogens is 2. The zero-order valence-corrected chi connectivity index (χ0v) is 12.5. The molecule has 0 radical (unpaired) electrons. The summed E-state index contributed by atoms with van der Waals surface area (Å²) in [5, 5.41) is 3.68. The molecule has 0 bridgehead atoms. The Balaban J connectivity index is 2.27. The lowest BCUT2D eigenvalue weighted by Crippen LogP contribution is -2.12. The molecule has 1 aromatic heterocycles. The van der Waals surface area contributed by atoms with E-state index >= 15 is 0 Å². The summed E-state index contributed by atoms with van der Waals surface area (Å²) in [5.41, 5.74) is 6.79. The number of hydrogen-bond acceptors (Lipinski definition) is 4. The van der Waals surface area contributed by atoms with Gasteiger partial charge in [-0.25, -0.2) is 4.98 Å². The summed E-state index contributed by atoms with van der Waals surface area (Å²) in [6, 6.07) is 5.25. The minimum atomic E-state index is -0.246. The molecule has 0 saturated heterocycles. The Kier molecular flexibility index (Phi) is 3.89. The van der Waals surface area contributed by atoms with E-state index < -0.39 is 0 Å². The van der Waals surface area contributed by atoms with E-state index in [9.17, 15) is 4.79 Å². The van der Waals surface area contributed by atoms with E-state index in [0.29, 0.717) is 30.9 Å². The third-order valence-corrected chi connectivity index (χ3v) is 4.60. The fourth-order valence-electron chi connectivity index (χ4n) is 1.41. The molecule has 2 aromatic rings. The van der Waals surface area contributed by atoms with Gasteiger partial charge in [-0.1, -0.05) is 29.0 Å². The van der Waals surface area contributed by atoms with Gasteiger partial charge in [0.25, 0.3) is 5.91 Å². The van der Waals surface area contributed by atoms with E-state index in [-0.39, 0.29) is 5.91 Å². The van der Waals surface area contributed by atoms with Crippen LogP contribution in [0.1, 0.15) is 15.4 Å². The molecule has 4 nitrogen and oxygen atoms in total. The summed E-state index contributed by atoms with van der Waals surface area (Å²) < 4.78 is 0.648. The summed E-state index contributed by atoms with van der Waals surface area (Å²) in [7, 11) is 0. The Morgan fingerprint density at radius 3 is 2.89 bits per heavy atom. The lowest BCUT2D eigenvalue weighted by molar-refractivity contribution is 0.103. The number of carbonyl (C=O) groups excluding carboxylic acids is 1. The number of hydrogen-bond donors (Lipinski definition) is 2. The van der Waals surface area contributed by atoms with Crippen molar-refractivity contribution in [2.45, 2.75) is 6.92 Å². The standard InChI is InChI=1S/C11H9BrClN3OS/c1-5-9(18-11(14)15-5)10(17)16-7-4-2-3-6(13)8(7)12/h2-4H,1H3,(H2,14,15)(H,16,17). The van der Waals surface area contributed by atoms with Crippen molar-refractivity contribution in [2.24, 2.45) is 0 Å². The van der Waals surface area contributed by atoms with Gasteiger partial charge in [-0.15, -0.1) is 0 Å². The Hall–Kier alpha value is -1.11. The molecule has 0 saturated carbocycles. The number of benzene rings is 1. The molecule has 1 aromatic carbocycles. The van der Waals surface area contributed by atoms with E-state index in [1.165, 1.54) is 0 Å². The first kappa shape index (κ1) is 13.3. The zero-order valence-electron chi connectivity index (χ0n) is 9.33. The summed E-state index contributed by atoms with van der Waals surface area (Å²) in [6.45, 7) is 1.74. The molecule has 94 valence electrons. The molecule has 0 aliphatic carbocycles. The number of nitrogens with zero attached hydrogens (tertiary/aromatic N) is 1. The van der Waals surface area contributed by atoms with Crippen LogP contribution >= 0.6 is 38.9 Å². The summed E-state index contributed by atoms with van der Waals surface area (Å²) in [5.74, 6) is -0.246. The molecule has 3 N–H and O–H groups in total. The molecule has 1 amide bonds. The number of anilines is 2. The highest BCUT2D eigenvalue weighted by molar-refractivity contribution is 9.10. The van der Waals surface area contributed by atoms with Gasteiger partial charge < -0.3 is 11.1 Å². The van der Waals surface area contributed by atoms with Crippen LogP contribution in [0.15, 0.2) is 22.7 Å². The number of nitrogens with one attached hydrogen (secondary N) is 1. The maximum Gasteiger partial charge on any atom is 0.267 e. The lowest BCUT2D eigenvalue weighted by atomic mass is 10.3. The van der Waals surface area contributed by atoms with Crippen LogP contribution in [0.4, 0.5) is 10.8 Å². The van der Waals surface area contributed by atoms with Crippen LogP contribution < -0.4 is 11.1 Å². The quantitative estimate of drug-likeness (QED) is 0.871. The highest BCUT2D eigenvalue weighted by atomic mass is 79.9. The average Bonchev–Trinajstić information content (AvgIpc) is 2.64. The highest BCUT2D eigenvalue weighted by Crippen LogP contribution is 2.31. The van der Waals surface area contributed by atoms with Crippen LogP contribution in [-0.4, -0.2) is 10.9 Å². The van der Waals surface area contributed by atoms with Crippen molar-refractivity contribution >= 4 is 55.6 Å². The first-order chi connectivity index (χ1) is 8.49. The number of rotatable bonds is 2. The minimum Gasteiger partial charge on any atom is -0.375 e. The first-order valence-electron chi connectivity index (χ1n) is 4.97. The number of nitrogens with two attached hydrogens (primary N) is 1. The number of thiazole rings is 1. The van der Waals surface area contributed by atoms with Gasteiger partial charge >= 0.3 is 0 Å². The van der Waals surface area contributed by atoms with Crippen molar-refractivity contribution in [3.05, 3.63) is 38.3 Å². The van der Waals surface area contributed by atoms with Crippen LogP contribution in [0.3, 0.4) is 0 Å². The largest absolute Gasteiger partial charge is 0.375 e. The number of aryl methyl sites for hydroxylation is 1. The van der Waals surface area contributed by atoms with E-state index in [0.717, 1.165) is 11.3 Å². The normalized spacial score (nSPS) is 10.4. The number of carbonyl (C=O) groups is 1. The summed E-state index contributed by atoms with van der Waals surface area (Å²) >= 11 is 10.4. The molecule has 0 spiro atoms. The Morgan fingerprint density at radius 1 is 1.56 bits per heavy atom. The molecule has 0 atom stereocenters. The predicted molar refractivity (Wildman–Crippen MR) is 78.4 cm³/mol. The van der Waals surface area contributed by atoms with Gasteiger partial charge in [0.2, 0.25) is 0 Å². The van der Waals surface area contributed by atoms with Crippen LogP contribution in [0.5, 0.6) is 0 Å². The van der Waals surface area contributed by atoms with Gasteiger partial charge in [0.15, 0.2) is 5.13 Å². The second-order valence-corrected chi connectivity index (χ2v) is 5.75. The third kappa shape index (κ3) is 2.66. The number of aromatic nitrogens is 1. The van der Waals surface area contributed by atoms with Gasteiger partial charge in [0.05, 0.1) is 20.9 Å². The topological polar surface area (TPSA) is 68.0 Å².